The van der Waals surface area contributed by atoms with E-state index in [0.29, 0.717) is 19.2 Å². The van der Waals surface area contributed by atoms with Crippen molar-refractivity contribution in [2.75, 3.05) is 79.8 Å². The molecule has 180 valence electrons. The lowest BCUT2D eigenvalue weighted by Gasteiger charge is -2.32. The summed E-state index contributed by atoms with van der Waals surface area (Å²) < 4.78 is 17.1. The van der Waals surface area contributed by atoms with Crippen molar-refractivity contribution < 1.29 is 14.2 Å². The van der Waals surface area contributed by atoms with E-state index in [1.165, 1.54) is 6.42 Å². The summed E-state index contributed by atoms with van der Waals surface area (Å²) in [6.07, 6.45) is 1.17. The highest BCUT2D eigenvalue weighted by atomic mass is 16.5. The molecule has 0 saturated carbocycles. The Labute approximate surface area is 193 Å². The predicted molar refractivity (Wildman–Crippen MR) is 129 cm³/mol. The molecule has 1 aromatic rings. The molecule has 8 nitrogen and oxygen atoms in total. The SMILES string of the molecule is CCN(CC)CCOc1ccc(CNC(=NC)N2CCC(N3CCOCC3)C2)cc1OC. The zero-order valence-corrected chi connectivity index (χ0v) is 20.3. The molecule has 0 bridgehead atoms. The lowest BCUT2D eigenvalue weighted by molar-refractivity contribution is 0.0195. The van der Waals surface area contributed by atoms with Gasteiger partial charge in [0, 0.05) is 52.4 Å². The molecule has 2 aliphatic rings. The van der Waals surface area contributed by atoms with Gasteiger partial charge in [-0.1, -0.05) is 19.9 Å². The summed E-state index contributed by atoms with van der Waals surface area (Å²) in [5.41, 5.74) is 1.14. The molecule has 32 heavy (non-hydrogen) atoms. The van der Waals surface area contributed by atoms with Gasteiger partial charge in [-0.25, -0.2) is 0 Å². The maximum Gasteiger partial charge on any atom is 0.193 e. The predicted octanol–water partition coefficient (Wildman–Crippen LogP) is 1.90. The standard InChI is InChI=1S/C24H41N5O3/c1-5-27(6-2)11-16-32-22-8-7-20(17-23(22)30-4)18-26-24(25-3)29-10-9-21(19-29)28-12-14-31-15-13-28/h7-8,17,21H,5-6,9-16,18-19H2,1-4H3,(H,25,26). The van der Waals surface area contributed by atoms with Crippen LogP contribution < -0.4 is 14.8 Å². The van der Waals surface area contributed by atoms with Crippen LogP contribution in [0, 0.1) is 0 Å². The third kappa shape index (κ3) is 6.73. The van der Waals surface area contributed by atoms with Gasteiger partial charge < -0.3 is 29.3 Å². The van der Waals surface area contributed by atoms with E-state index in [1.807, 2.05) is 19.2 Å². The Morgan fingerprint density at radius 3 is 2.66 bits per heavy atom. The van der Waals surface area contributed by atoms with Crippen LogP contribution in [-0.2, 0) is 11.3 Å². The van der Waals surface area contributed by atoms with E-state index in [9.17, 15) is 0 Å². The fourth-order valence-corrected chi connectivity index (χ4v) is 4.45. The third-order valence-corrected chi connectivity index (χ3v) is 6.47. The number of hydrogen-bond donors (Lipinski definition) is 1. The number of nitrogens with zero attached hydrogens (tertiary/aromatic N) is 4. The van der Waals surface area contributed by atoms with Crippen molar-refractivity contribution >= 4 is 5.96 Å². The first-order valence-corrected chi connectivity index (χ1v) is 12.0. The number of rotatable bonds is 10. The number of benzene rings is 1. The Bertz CT molecular complexity index is 720. The summed E-state index contributed by atoms with van der Waals surface area (Å²) in [5.74, 6) is 2.52. The number of guanidine groups is 1. The Kier molecular flexibility index (Phi) is 9.89. The average Bonchev–Trinajstić information content (AvgIpc) is 3.33. The molecule has 2 aliphatic heterocycles. The molecular formula is C24H41N5O3. The minimum atomic E-state index is 0.588. The van der Waals surface area contributed by atoms with E-state index in [-0.39, 0.29) is 0 Å². The molecular weight excluding hydrogens is 406 g/mol. The van der Waals surface area contributed by atoms with Crippen LogP contribution >= 0.6 is 0 Å². The summed E-state index contributed by atoms with van der Waals surface area (Å²) in [6, 6.07) is 6.74. The highest BCUT2D eigenvalue weighted by Crippen LogP contribution is 2.28. The highest BCUT2D eigenvalue weighted by molar-refractivity contribution is 5.80. The van der Waals surface area contributed by atoms with Gasteiger partial charge in [0.05, 0.1) is 20.3 Å². The molecule has 1 N–H and O–H groups in total. The Morgan fingerprint density at radius 1 is 1.19 bits per heavy atom. The number of likely N-dealkylation sites (tertiary alicyclic amines) is 1. The summed E-state index contributed by atoms with van der Waals surface area (Å²) in [5, 5.41) is 3.52. The zero-order chi connectivity index (χ0) is 22.8. The molecule has 1 aromatic carbocycles. The van der Waals surface area contributed by atoms with Gasteiger partial charge in [0.2, 0.25) is 0 Å². The number of hydrogen-bond acceptors (Lipinski definition) is 6. The van der Waals surface area contributed by atoms with Crippen molar-refractivity contribution in [1.82, 2.24) is 20.0 Å². The van der Waals surface area contributed by atoms with Gasteiger partial charge in [0.25, 0.3) is 0 Å². The maximum absolute atomic E-state index is 5.98. The van der Waals surface area contributed by atoms with Crippen molar-refractivity contribution in [1.29, 1.82) is 0 Å². The average molecular weight is 448 g/mol. The lowest BCUT2D eigenvalue weighted by Crippen LogP contribution is -2.46. The van der Waals surface area contributed by atoms with E-state index >= 15 is 0 Å². The number of methoxy groups -OCH3 is 1. The van der Waals surface area contributed by atoms with E-state index < -0.39 is 0 Å². The maximum atomic E-state index is 5.98. The number of aliphatic imine (C=N–C) groups is 1. The largest absolute Gasteiger partial charge is 0.493 e. The number of ether oxygens (including phenoxy) is 3. The quantitative estimate of drug-likeness (QED) is 0.434. The van der Waals surface area contributed by atoms with E-state index in [4.69, 9.17) is 14.2 Å². The van der Waals surface area contributed by atoms with Gasteiger partial charge in [0.15, 0.2) is 17.5 Å². The second-order valence-electron chi connectivity index (χ2n) is 8.30. The molecule has 0 aliphatic carbocycles. The fourth-order valence-electron chi connectivity index (χ4n) is 4.45. The van der Waals surface area contributed by atoms with Gasteiger partial charge in [-0.2, -0.15) is 0 Å². The Morgan fingerprint density at radius 2 is 1.97 bits per heavy atom. The molecule has 2 heterocycles. The molecule has 2 saturated heterocycles. The molecule has 0 spiro atoms. The first kappa shape index (κ1) is 24.6. The number of nitrogens with one attached hydrogen (secondary N) is 1. The molecule has 1 unspecified atom stereocenters. The third-order valence-electron chi connectivity index (χ3n) is 6.47. The molecule has 0 radical (unpaired) electrons. The summed E-state index contributed by atoms with van der Waals surface area (Å²) in [6.45, 7) is 14.5. The van der Waals surface area contributed by atoms with Gasteiger partial charge in [-0.15, -0.1) is 0 Å². The summed E-state index contributed by atoms with van der Waals surface area (Å²) in [4.78, 5) is 11.8. The van der Waals surface area contributed by atoms with Crippen molar-refractivity contribution in [2.24, 2.45) is 4.99 Å². The first-order valence-electron chi connectivity index (χ1n) is 12.0. The van der Waals surface area contributed by atoms with Crippen LogP contribution in [0.15, 0.2) is 23.2 Å². The van der Waals surface area contributed by atoms with E-state index in [0.717, 1.165) is 82.0 Å². The van der Waals surface area contributed by atoms with Crippen LogP contribution in [0.4, 0.5) is 0 Å². The van der Waals surface area contributed by atoms with Crippen LogP contribution in [0.1, 0.15) is 25.8 Å². The van der Waals surface area contributed by atoms with Crippen LogP contribution in [0.3, 0.4) is 0 Å². The second-order valence-corrected chi connectivity index (χ2v) is 8.30. The number of morpholine rings is 1. The van der Waals surface area contributed by atoms with Crippen molar-refractivity contribution in [2.45, 2.75) is 32.9 Å². The molecule has 3 rings (SSSR count). The van der Waals surface area contributed by atoms with Crippen LogP contribution in [0.2, 0.25) is 0 Å². The van der Waals surface area contributed by atoms with E-state index in [1.54, 1.807) is 7.11 Å². The van der Waals surface area contributed by atoms with Crippen molar-refractivity contribution in [3.8, 4) is 11.5 Å². The minimum Gasteiger partial charge on any atom is -0.493 e. The van der Waals surface area contributed by atoms with Crippen LogP contribution in [-0.4, -0.2) is 106 Å². The van der Waals surface area contributed by atoms with Gasteiger partial charge in [0.1, 0.15) is 6.61 Å². The van der Waals surface area contributed by atoms with E-state index in [2.05, 4.69) is 44.9 Å². The van der Waals surface area contributed by atoms with Crippen molar-refractivity contribution in [3.63, 3.8) is 0 Å². The first-order chi connectivity index (χ1) is 15.7. The minimum absolute atomic E-state index is 0.588. The fraction of sp³-hybridized carbons (Fsp3) is 0.708. The number of likely N-dealkylation sites (N-methyl/N-ethyl adjacent to an activating group) is 1. The van der Waals surface area contributed by atoms with Crippen LogP contribution in [0.5, 0.6) is 11.5 Å². The normalized spacial score (nSPS) is 20.1. The zero-order valence-electron chi connectivity index (χ0n) is 20.3. The van der Waals surface area contributed by atoms with Gasteiger partial charge in [-0.05, 0) is 37.2 Å². The molecule has 0 amide bonds. The van der Waals surface area contributed by atoms with Gasteiger partial charge >= 0.3 is 0 Å². The smallest absolute Gasteiger partial charge is 0.193 e. The molecule has 8 heteroatoms. The topological polar surface area (TPSA) is 61.8 Å². The lowest BCUT2D eigenvalue weighted by atomic mass is 10.2. The second kappa shape index (κ2) is 12.9. The summed E-state index contributed by atoms with van der Waals surface area (Å²) >= 11 is 0. The Hall–Kier alpha value is -2.03. The Balaban J connectivity index is 1.50. The van der Waals surface area contributed by atoms with Crippen molar-refractivity contribution in [3.05, 3.63) is 23.8 Å². The molecule has 2 fully saturated rings. The van der Waals surface area contributed by atoms with Crippen LogP contribution in [0.25, 0.3) is 0 Å². The highest BCUT2D eigenvalue weighted by Gasteiger charge is 2.30. The summed E-state index contributed by atoms with van der Waals surface area (Å²) in [7, 11) is 3.55. The molecule has 1 atom stereocenters. The molecule has 0 aromatic heterocycles. The monoisotopic (exact) mass is 447 g/mol. The van der Waals surface area contributed by atoms with Gasteiger partial charge in [-0.3, -0.25) is 9.89 Å².